The molecule has 0 aromatic heterocycles. The average molecular weight is 196 g/mol. The first kappa shape index (κ1) is 9.04. The zero-order chi connectivity index (χ0) is 9.26. The first-order valence-electron chi connectivity index (χ1n) is 4.77. The van der Waals surface area contributed by atoms with Crippen molar-refractivity contribution in [2.45, 2.75) is 25.3 Å². The molecule has 2 rings (SSSR count). The van der Waals surface area contributed by atoms with Crippen LogP contribution in [-0.2, 0) is 0 Å². The van der Waals surface area contributed by atoms with Crippen molar-refractivity contribution < 1.29 is 0 Å². The van der Waals surface area contributed by atoms with E-state index in [2.05, 4.69) is 0 Å². The number of halogens is 1. The monoisotopic (exact) mass is 195 g/mol. The molecule has 0 amide bonds. The van der Waals surface area contributed by atoms with Crippen LogP contribution in [0.5, 0.6) is 0 Å². The highest BCUT2D eigenvalue weighted by Gasteiger charge is 2.24. The molecule has 1 unspecified atom stereocenters. The van der Waals surface area contributed by atoms with Crippen molar-refractivity contribution in [1.29, 1.82) is 0 Å². The van der Waals surface area contributed by atoms with E-state index in [4.69, 9.17) is 17.3 Å². The van der Waals surface area contributed by atoms with E-state index in [1.54, 1.807) is 0 Å². The van der Waals surface area contributed by atoms with Crippen molar-refractivity contribution in [2.75, 3.05) is 0 Å². The van der Waals surface area contributed by atoms with Gasteiger partial charge in [-0.15, -0.1) is 0 Å². The lowest BCUT2D eigenvalue weighted by atomic mass is 10.0. The topological polar surface area (TPSA) is 26.0 Å². The second-order valence-electron chi connectivity index (χ2n) is 3.81. The van der Waals surface area contributed by atoms with Crippen molar-refractivity contribution >= 4 is 11.6 Å². The molecule has 0 bridgehead atoms. The summed E-state index contributed by atoms with van der Waals surface area (Å²) in [5, 5.41) is 0.802. The lowest BCUT2D eigenvalue weighted by Gasteiger charge is -2.12. The van der Waals surface area contributed by atoms with Crippen molar-refractivity contribution in [1.82, 2.24) is 0 Å². The fraction of sp³-hybridized carbons (Fsp3) is 0.455. The quantitative estimate of drug-likeness (QED) is 0.788. The Morgan fingerprint density at radius 1 is 1.38 bits per heavy atom. The van der Waals surface area contributed by atoms with E-state index in [1.807, 2.05) is 24.3 Å². The molecule has 1 aromatic carbocycles. The standard InChI is InChI=1S/C11H14ClN/c12-10-4-2-1-3-9(10)11(13)7-8-5-6-8/h1-4,8,11H,5-7,13H2. The SMILES string of the molecule is NC(CC1CC1)c1ccccc1Cl. The molecule has 2 heteroatoms. The molecule has 1 fully saturated rings. The number of benzene rings is 1. The highest BCUT2D eigenvalue weighted by Crippen LogP contribution is 2.37. The number of nitrogens with two attached hydrogens (primary N) is 1. The Morgan fingerprint density at radius 3 is 2.69 bits per heavy atom. The Morgan fingerprint density at radius 2 is 2.08 bits per heavy atom. The van der Waals surface area contributed by atoms with E-state index in [-0.39, 0.29) is 6.04 Å². The minimum Gasteiger partial charge on any atom is -0.324 e. The lowest BCUT2D eigenvalue weighted by molar-refractivity contribution is 0.597. The zero-order valence-corrected chi connectivity index (χ0v) is 8.30. The summed E-state index contributed by atoms with van der Waals surface area (Å²) in [6, 6.07) is 7.99. The van der Waals surface area contributed by atoms with Gasteiger partial charge in [-0.05, 0) is 24.0 Å². The van der Waals surface area contributed by atoms with E-state index in [1.165, 1.54) is 12.8 Å². The molecule has 70 valence electrons. The van der Waals surface area contributed by atoms with Crippen LogP contribution in [0.4, 0.5) is 0 Å². The fourth-order valence-electron chi connectivity index (χ4n) is 1.62. The maximum absolute atomic E-state index is 6.05. The molecular weight excluding hydrogens is 182 g/mol. The minimum atomic E-state index is 0.126. The molecule has 1 aromatic rings. The summed E-state index contributed by atoms with van der Waals surface area (Å²) >= 11 is 6.04. The largest absolute Gasteiger partial charge is 0.324 e. The number of hydrogen-bond donors (Lipinski definition) is 1. The van der Waals surface area contributed by atoms with Crippen LogP contribution in [0.1, 0.15) is 30.9 Å². The Labute approximate surface area is 83.9 Å². The highest BCUT2D eigenvalue weighted by molar-refractivity contribution is 6.31. The molecular formula is C11H14ClN. The van der Waals surface area contributed by atoms with Gasteiger partial charge in [0.25, 0.3) is 0 Å². The first-order valence-corrected chi connectivity index (χ1v) is 5.15. The maximum Gasteiger partial charge on any atom is 0.0453 e. The molecule has 0 aliphatic heterocycles. The van der Waals surface area contributed by atoms with Crippen molar-refractivity contribution in [2.24, 2.45) is 11.7 Å². The third kappa shape index (κ3) is 2.23. The Bertz CT molecular complexity index is 294. The maximum atomic E-state index is 6.05. The molecule has 0 spiro atoms. The lowest BCUT2D eigenvalue weighted by Crippen LogP contribution is -2.11. The first-order chi connectivity index (χ1) is 6.27. The van der Waals surface area contributed by atoms with E-state index in [0.717, 1.165) is 22.9 Å². The van der Waals surface area contributed by atoms with Gasteiger partial charge in [0.05, 0.1) is 0 Å². The summed E-state index contributed by atoms with van der Waals surface area (Å²) in [5.74, 6) is 0.853. The van der Waals surface area contributed by atoms with Gasteiger partial charge in [0.2, 0.25) is 0 Å². The number of hydrogen-bond acceptors (Lipinski definition) is 1. The van der Waals surface area contributed by atoms with Crippen LogP contribution in [0.25, 0.3) is 0 Å². The van der Waals surface area contributed by atoms with Gasteiger partial charge in [0.15, 0.2) is 0 Å². The van der Waals surface area contributed by atoms with Gasteiger partial charge in [-0.2, -0.15) is 0 Å². The molecule has 1 aliphatic rings. The summed E-state index contributed by atoms with van der Waals surface area (Å²) < 4.78 is 0. The van der Waals surface area contributed by atoms with Gasteiger partial charge in [0, 0.05) is 11.1 Å². The second-order valence-corrected chi connectivity index (χ2v) is 4.21. The Balaban J connectivity index is 2.09. The summed E-state index contributed by atoms with van der Waals surface area (Å²) in [7, 11) is 0. The summed E-state index contributed by atoms with van der Waals surface area (Å²) in [6.45, 7) is 0. The normalized spacial score (nSPS) is 18.6. The van der Waals surface area contributed by atoms with Crippen molar-refractivity contribution in [3.8, 4) is 0 Å². The summed E-state index contributed by atoms with van der Waals surface area (Å²) in [6.07, 6.45) is 3.78. The minimum absolute atomic E-state index is 0.126. The third-order valence-corrected chi connectivity index (χ3v) is 2.93. The Kier molecular flexibility index (Phi) is 2.56. The molecule has 0 saturated heterocycles. The average Bonchev–Trinajstić information content (AvgIpc) is 2.89. The van der Waals surface area contributed by atoms with Gasteiger partial charge < -0.3 is 5.73 Å². The van der Waals surface area contributed by atoms with Gasteiger partial charge in [-0.25, -0.2) is 0 Å². The number of rotatable bonds is 3. The van der Waals surface area contributed by atoms with Crippen LogP contribution in [0.15, 0.2) is 24.3 Å². The predicted octanol–water partition coefficient (Wildman–Crippen LogP) is 3.14. The third-order valence-electron chi connectivity index (χ3n) is 2.59. The van der Waals surface area contributed by atoms with Gasteiger partial charge in [-0.1, -0.05) is 42.6 Å². The van der Waals surface area contributed by atoms with Gasteiger partial charge in [-0.3, -0.25) is 0 Å². The van der Waals surface area contributed by atoms with E-state index < -0.39 is 0 Å². The fourth-order valence-corrected chi connectivity index (χ4v) is 1.89. The van der Waals surface area contributed by atoms with Crippen LogP contribution < -0.4 is 5.73 Å². The summed E-state index contributed by atoms with van der Waals surface area (Å²) in [4.78, 5) is 0. The predicted molar refractivity (Wildman–Crippen MR) is 55.7 cm³/mol. The van der Waals surface area contributed by atoms with E-state index >= 15 is 0 Å². The molecule has 0 heterocycles. The molecule has 0 radical (unpaired) electrons. The van der Waals surface area contributed by atoms with Crippen LogP contribution in [0.3, 0.4) is 0 Å². The molecule has 2 N–H and O–H groups in total. The highest BCUT2D eigenvalue weighted by atomic mass is 35.5. The smallest absolute Gasteiger partial charge is 0.0453 e. The molecule has 13 heavy (non-hydrogen) atoms. The van der Waals surface area contributed by atoms with Crippen LogP contribution in [0.2, 0.25) is 5.02 Å². The summed E-state index contributed by atoms with van der Waals surface area (Å²) in [5.41, 5.74) is 7.15. The molecule has 1 atom stereocenters. The van der Waals surface area contributed by atoms with E-state index in [0.29, 0.717) is 0 Å². The second kappa shape index (κ2) is 3.69. The zero-order valence-electron chi connectivity index (χ0n) is 7.54. The van der Waals surface area contributed by atoms with Crippen LogP contribution >= 0.6 is 11.6 Å². The molecule has 1 aliphatic carbocycles. The van der Waals surface area contributed by atoms with E-state index in [9.17, 15) is 0 Å². The van der Waals surface area contributed by atoms with Crippen LogP contribution in [0, 0.1) is 5.92 Å². The molecule has 1 nitrogen and oxygen atoms in total. The van der Waals surface area contributed by atoms with Crippen LogP contribution in [-0.4, -0.2) is 0 Å². The Hall–Kier alpha value is -0.530. The van der Waals surface area contributed by atoms with Gasteiger partial charge in [0.1, 0.15) is 0 Å². The van der Waals surface area contributed by atoms with Crippen molar-refractivity contribution in [3.05, 3.63) is 34.9 Å². The van der Waals surface area contributed by atoms with Crippen molar-refractivity contribution in [3.63, 3.8) is 0 Å². The van der Waals surface area contributed by atoms with Gasteiger partial charge >= 0.3 is 0 Å². The molecule has 1 saturated carbocycles.